The summed E-state index contributed by atoms with van der Waals surface area (Å²) in [4.78, 5) is 12.7. The molecule has 134 valence electrons. The minimum Gasteiger partial charge on any atom is -0.496 e. The molecule has 0 saturated heterocycles. The van der Waals surface area contributed by atoms with Gasteiger partial charge in [0.15, 0.2) is 0 Å². The van der Waals surface area contributed by atoms with E-state index in [1.54, 1.807) is 13.2 Å². The fourth-order valence-electron chi connectivity index (χ4n) is 3.14. The molecule has 4 nitrogen and oxygen atoms in total. The van der Waals surface area contributed by atoms with Gasteiger partial charge < -0.3 is 10.1 Å². The van der Waals surface area contributed by atoms with Crippen molar-refractivity contribution < 1.29 is 9.53 Å². The van der Waals surface area contributed by atoms with Crippen LogP contribution in [-0.2, 0) is 4.79 Å². The van der Waals surface area contributed by atoms with Gasteiger partial charge in [-0.1, -0.05) is 36.4 Å². The second kappa shape index (κ2) is 7.76. The molecule has 0 heterocycles. The molecule has 0 saturated carbocycles. The first-order valence-electron chi connectivity index (χ1n) is 8.59. The minimum atomic E-state index is -0.447. The van der Waals surface area contributed by atoms with Gasteiger partial charge in [0.1, 0.15) is 17.4 Å². The molecule has 0 atom stereocenters. The zero-order valence-electron chi connectivity index (χ0n) is 15.5. The average molecular weight is 356 g/mol. The van der Waals surface area contributed by atoms with Gasteiger partial charge in [0.2, 0.25) is 0 Å². The third-order valence-electron chi connectivity index (χ3n) is 4.28. The number of carbonyl (C=O) groups excluding carboxylic acids is 1. The van der Waals surface area contributed by atoms with E-state index in [1.165, 1.54) is 0 Å². The second-order valence-corrected chi connectivity index (χ2v) is 6.40. The van der Waals surface area contributed by atoms with Crippen LogP contribution in [0.1, 0.15) is 16.7 Å². The highest BCUT2D eigenvalue weighted by atomic mass is 16.5. The molecule has 0 spiro atoms. The summed E-state index contributed by atoms with van der Waals surface area (Å²) in [5.74, 6) is 0.165. The van der Waals surface area contributed by atoms with Gasteiger partial charge in [0.05, 0.1) is 7.11 Å². The van der Waals surface area contributed by atoms with Gasteiger partial charge in [-0.15, -0.1) is 0 Å². The lowest BCUT2D eigenvalue weighted by Gasteiger charge is -2.10. The van der Waals surface area contributed by atoms with Gasteiger partial charge in [0, 0.05) is 11.3 Å². The molecule has 0 aliphatic heterocycles. The maximum absolute atomic E-state index is 12.7. The van der Waals surface area contributed by atoms with Crippen LogP contribution in [-0.4, -0.2) is 13.0 Å². The van der Waals surface area contributed by atoms with Crippen LogP contribution in [0.4, 0.5) is 5.69 Å². The maximum Gasteiger partial charge on any atom is 0.266 e. The molecular weight excluding hydrogens is 336 g/mol. The molecule has 0 aliphatic carbocycles. The number of nitrogens with zero attached hydrogens (tertiary/aromatic N) is 1. The summed E-state index contributed by atoms with van der Waals surface area (Å²) in [5.41, 5.74) is 3.49. The standard InChI is InChI=1S/C23H20N2O2/c1-15-10-16(2)12-19(11-15)25-23(26)18(14-24)13-21-20-7-5-4-6-17(20)8-9-22(21)27-3/h4-13H,1-3H3,(H,25,26)/b18-13+. The van der Waals surface area contributed by atoms with Crippen molar-refractivity contribution in [2.24, 2.45) is 0 Å². The molecular formula is C23H20N2O2. The largest absolute Gasteiger partial charge is 0.496 e. The molecule has 3 aromatic rings. The Hall–Kier alpha value is -3.58. The third kappa shape index (κ3) is 3.99. The number of ether oxygens (including phenoxy) is 1. The van der Waals surface area contributed by atoms with E-state index in [9.17, 15) is 10.1 Å². The third-order valence-corrected chi connectivity index (χ3v) is 4.28. The highest BCUT2D eigenvalue weighted by Gasteiger charge is 2.13. The predicted octanol–water partition coefficient (Wildman–Crippen LogP) is 5.01. The lowest BCUT2D eigenvalue weighted by molar-refractivity contribution is -0.112. The molecule has 0 radical (unpaired) electrons. The van der Waals surface area contributed by atoms with Crippen LogP contribution < -0.4 is 10.1 Å². The van der Waals surface area contributed by atoms with E-state index in [1.807, 2.05) is 74.5 Å². The second-order valence-electron chi connectivity index (χ2n) is 6.40. The van der Waals surface area contributed by atoms with Crippen molar-refractivity contribution in [1.82, 2.24) is 0 Å². The van der Waals surface area contributed by atoms with Crippen molar-refractivity contribution in [2.45, 2.75) is 13.8 Å². The fraction of sp³-hybridized carbons (Fsp3) is 0.130. The molecule has 0 aromatic heterocycles. The predicted molar refractivity (Wildman–Crippen MR) is 109 cm³/mol. The normalized spacial score (nSPS) is 11.1. The van der Waals surface area contributed by atoms with Gasteiger partial charge >= 0.3 is 0 Å². The van der Waals surface area contributed by atoms with E-state index in [-0.39, 0.29) is 5.57 Å². The van der Waals surface area contributed by atoms with E-state index in [4.69, 9.17) is 4.74 Å². The first kappa shape index (κ1) is 18.2. The average Bonchev–Trinajstić information content (AvgIpc) is 2.64. The zero-order valence-corrected chi connectivity index (χ0v) is 15.5. The van der Waals surface area contributed by atoms with Crippen LogP contribution in [0.15, 0.2) is 60.2 Å². The number of anilines is 1. The van der Waals surface area contributed by atoms with E-state index in [0.717, 1.165) is 21.9 Å². The van der Waals surface area contributed by atoms with E-state index >= 15 is 0 Å². The first-order valence-corrected chi connectivity index (χ1v) is 8.59. The molecule has 1 amide bonds. The van der Waals surface area contributed by atoms with Crippen molar-refractivity contribution in [1.29, 1.82) is 5.26 Å². The number of hydrogen-bond acceptors (Lipinski definition) is 3. The van der Waals surface area contributed by atoms with E-state index < -0.39 is 5.91 Å². The van der Waals surface area contributed by atoms with Gasteiger partial charge in [-0.2, -0.15) is 5.26 Å². The Bertz CT molecular complexity index is 1070. The summed E-state index contributed by atoms with van der Waals surface area (Å²) in [5, 5.41) is 14.3. The number of rotatable bonds is 4. The van der Waals surface area contributed by atoms with Crippen molar-refractivity contribution >= 4 is 28.4 Å². The summed E-state index contributed by atoms with van der Waals surface area (Å²) >= 11 is 0. The Morgan fingerprint density at radius 1 is 1.07 bits per heavy atom. The van der Waals surface area contributed by atoms with Crippen molar-refractivity contribution in [3.63, 3.8) is 0 Å². The van der Waals surface area contributed by atoms with Crippen LogP contribution in [0, 0.1) is 25.2 Å². The summed E-state index contributed by atoms with van der Waals surface area (Å²) < 4.78 is 5.44. The van der Waals surface area contributed by atoms with Crippen LogP contribution in [0.5, 0.6) is 5.75 Å². The summed E-state index contributed by atoms with van der Waals surface area (Å²) in [6.45, 7) is 3.93. The van der Waals surface area contributed by atoms with E-state index in [0.29, 0.717) is 17.0 Å². The van der Waals surface area contributed by atoms with E-state index in [2.05, 4.69) is 5.32 Å². The summed E-state index contributed by atoms with van der Waals surface area (Å²) in [6.07, 6.45) is 1.58. The topological polar surface area (TPSA) is 62.1 Å². The highest BCUT2D eigenvalue weighted by molar-refractivity contribution is 6.11. The molecule has 0 aliphatic rings. The summed E-state index contributed by atoms with van der Waals surface area (Å²) in [7, 11) is 1.57. The quantitative estimate of drug-likeness (QED) is 0.528. The van der Waals surface area contributed by atoms with Crippen LogP contribution in [0.2, 0.25) is 0 Å². The molecule has 4 heteroatoms. The molecule has 3 rings (SSSR count). The van der Waals surface area contributed by atoms with Crippen LogP contribution >= 0.6 is 0 Å². The van der Waals surface area contributed by atoms with Gasteiger partial charge in [-0.25, -0.2) is 0 Å². The number of nitrogens with one attached hydrogen (secondary N) is 1. The maximum atomic E-state index is 12.7. The highest BCUT2D eigenvalue weighted by Crippen LogP contribution is 2.30. The Morgan fingerprint density at radius 3 is 2.44 bits per heavy atom. The lowest BCUT2D eigenvalue weighted by Crippen LogP contribution is -2.13. The number of benzene rings is 3. The van der Waals surface area contributed by atoms with Gasteiger partial charge in [0.25, 0.3) is 5.91 Å². The number of aryl methyl sites for hydroxylation is 2. The molecule has 0 bridgehead atoms. The number of hydrogen-bond donors (Lipinski definition) is 1. The fourth-order valence-corrected chi connectivity index (χ4v) is 3.14. The minimum absolute atomic E-state index is 0.0174. The Labute approximate surface area is 158 Å². The monoisotopic (exact) mass is 356 g/mol. The lowest BCUT2D eigenvalue weighted by atomic mass is 10.0. The smallest absolute Gasteiger partial charge is 0.266 e. The van der Waals surface area contributed by atoms with Crippen LogP contribution in [0.3, 0.4) is 0 Å². The zero-order chi connectivity index (χ0) is 19.4. The number of amides is 1. The van der Waals surface area contributed by atoms with Gasteiger partial charge in [-0.05, 0) is 60.0 Å². The molecule has 27 heavy (non-hydrogen) atoms. The van der Waals surface area contributed by atoms with Gasteiger partial charge in [-0.3, -0.25) is 4.79 Å². The Balaban J connectivity index is 2.03. The van der Waals surface area contributed by atoms with Crippen molar-refractivity contribution in [3.05, 3.63) is 76.9 Å². The van der Waals surface area contributed by atoms with Crippen molar-refractivity contribution in [2.75, 3.05) is 12.4 Å². The SMILES string of the molecule is COc1ccc2ccccc2c1/C=C(\C#N)C(=O)Nc1cc(C)cc(C)c1. The van der Waals surface area contributed by atoms with Crippen LogP contribution in [0.25, 0.3) is 16.8 Å². The number of carbonyl (C=O) groups is 1. The number of methoxy groups -OCH3 is 1. The first-order chi connectivity index (χ1) is 13.0. The Morgan fingerprint density at radius 2 is 1.78 bits per heavy atom. The summed E-state index contributed by atoms with van der Waals surface area (Å²) in [6, 6.07) is 19.4. The van der Waals surface area contributed by atoms with Crippen molar-refractivity contribution in [3.8, 4) is 11.8 Å². The molecule has 3 aromatic carbocycles. The molecule has 1 N–H and O–H groups in total. The number of fused-ring (bicyclic) bond motifs is 1. The molecule has 0 fully saturated rings. The Kier molecular flexibility index (Phi) is 5.23. The number of nitriles is 1. The molecule has 0 unspecified atom stereocenters.